The van der Waals surface area contributed by atoms with Gasteiger partial charge in [0.15, 0.2) is 0 Å². The fraction of sp³-hybridized carbons (Fsp3) is 0.733. The number of hydrogen-bond donors (Lipinski definition) is 1. The lowest BCUT2D eigenvalue weighted by Gasteiger charge is -2.32. The Morgan fingerprint density at radius 1 is 1.21 bits per heavy atom. The summed E-state index contributed by atoms with van der Waals surface area (Å²) in [5, 5.41) is 3.30. The highest BCUT2D eigenvalue weighted by molar-refractivity contribution is 5.44. The van der Waals surface area contributed by atoms with Gasteiger partial charge in [-0.3, -0.25) is 4.98 Å². The fourth-order valence-corrected chi connectivity index (χ4v) is 2.71. The molecule has 0 unspecified atom stereocenters. The first-order chi connectivity index (χ1) is 9.33. The van der Waals surface area contributed by atoms with Crippen molar-refractivity contribution < 1.29 is 0 Å². The van der Waals surface area contributed by atoms with Gasteiger partial charge in [-0.15, -0.1) is 0 Å². The molecule has 1 aliphatic heterocycles. The summed E-state index contributed by atoms with van der Waals surface area (Å²) in [7, 11) is 0. The SMILES string of the molecule is CCCNc1cncc(N2CCC(CCC)CC2)n1. The highest BCUT2D eigenvalue weighted by Crippen LogP contribution is 2.25. The molecule has 0 atom stereocenters. The van der Waals surface area contributed by atoms with Crippen LogP contribution in [0.4, 0.5) is 11.6 Å². The van der Waals surface area contributed by atoms with Crippen LogP contribution in [0.2, 0.25) is 0 Å². The second-order valence-electron chi connectivity index (χ2n) is 5.41. The van der Waals surface area contributed by atoms with Gasteiger partial charge in [0.25, 0.3) is 0 Å². The van der Waals surface area contributed by atoms with Gasteiger partial charge in [-0.1, -0.05) is 26.7 Å². The Bertz CT molecular complexity index is 372. The van der Waals surface area contributed by atoms with E-state index < -0.39 is 0 Å². The van der Waals surface area contributed by atoms with Crippen LogP contribution in [0, 0.1) is 5.92 Å². The maximum absolute atomic E-state index is 4.66. The molecule has 0 spiro atoms. The monoisotopic (exact) mass is 262 g/mol. The standard InChI is InChI=1S/C15H26N4/c1-3-5-13-6-9-19(10-7-13)15-12-16-11-14(18-15)17-8-4-2/h11-13H,3-10H2,1-2H3,(H,17,18). The zero-order valence-electron chi connectivity index (χ0n) is 12.2. The van der Waals surface area contributed by atoms with Gasteiger partial charge in [0.2, 0.25) is 0 Å². The first-order valence-electron chi connectivity index (χ1n) is 7.64. The van der Waals surface area contributed by atoms with E-state index in [0.717, 1.165) is 43.6 Å². The maximum Gasteiger partial charge on any atom is 0.149 e. The van der Waals surface area contributed by atoms with Gasteiger partial charge in [0.1, 0.15) is 11.6 Å². The number of rotatable bonds is 6. The van der Waals surface area contributed by atoms with Crippen LogP contribution in [-0.4, -0.2) is 29.6 Å². The molecule has 1 saturated heterocycles. The third kappa shape index (κ3) is 4.08. The van der Waals surface area contributed by atoms with E-state index in [2.05, 4.69) is 34.0 Å². The van der Waals surface area contributed by atoms with Crippen molar-refractivity contribution in [2.45, 2.75) is 46.0 Å². The van der Waals surface area contributed by atoms with Crippen LogP contribution in [0.25, 0.3) is 0 Å². The summed E-state index contributed by atoms with van der Waals surface area (Å²) in [5.41, 5.74) is 0. The highest BCUT2D eigenvalue weighted by atomic mass is 15.2. The number of anilines is 2. The van der Waals surface area contributed by atoms with E-state index in [0.29, 0.717) is 0 Å². The lowest BCUT2D eigenvalue weighted by atomic mass is 9.92. The van der Waals surface area contributed by atoms with E-state index in [-0.39, 0.29) is 0 Å². The zero-order chi connectivity index (χ0) is 13.5. The molecule has 0 aliphatic carbocycles. The average Bonchev–Trinajstić information content (AvgIpc) is 2.46. The number of piperidine rings is 1. The molecule has 1 fully saturated rings. The van der Waals surface area contributed by atoms with Crippen LogP contribution in [0.1, 0.15) is 46.0 Å². The van der Waals surface area contributed by atoms with Crippen molar-refractivity contribution in [2.24, 2.45) is 5.92 Å². The van der Waals surface area contributed by atoms with Crippen LogP contribution in [-0.2, 0) is 0 Å². The minimum absolute atomic E-state index is 0.898. The van der Waals surface area contributed by atoms with Crippen molar-refractivity contribution in [3.05, 3.63) is 12.4 Å². The second kappa shape index (κ2) is 7.31. The van der Waals surface area contributed by atoms with Crippen LogP contribution in [0.15, 0.2) is 12.4 Å². The Kier molecular flexibility index (Phi) is 5.43. The van der Waals surface area contributed by atoms with Gasteiger partial charge in [-0.2, -0.15) is 0 Å². The van der Waals surface area contributed by atoms with Crippen LogP contribution in [0.5, 0.6) is 0 Å². The third-order valence-corrected chi connectivity index (χ3v) is 3.81. The molecule has 2 heterocycles. The molecule has 1 aliphatic rings. The maximum atomic E-state index is 4.66. The van der Waals surface area contributed by atoms with Gasteiger partial charge < -0.3 is 10.2 Å². The molecule has 106 valence electrons. The summed E-state index contributed by atoms with van der Waals surface area (Å²) in [6, 6.07) is 0. The van der Waals surface area contributed by atoms with Crippen molar-refractivity contribution in [1.29, 1.82) is 0 Å². The number of hydrogen-bond acceptors (Lipinski definition) is 4. The molecule has 0 radical (unpaired) electrons. The van der Waals surface area contributed by atoms with Crippen molar-refractivity contribution >= 4 is 11.6 Å². The highest BCUT2D eigenvalue weighted by Gasteiger charge is 2.19. The molecular formula is C15H26N4. The molecule has 19 heavy (non-hydrogen) atoms. The Morgan fingerprint density at radius 3 is 2.68 bits per heavy atom. The molecule has 2 rings (SSSR count). The van der Waals surface area contributed by atoms with E-state index in [1.54, 1.807) is 0 Å². The third-order valence-electron chi connectivity index (χ3n) is 3.81. The molecule has 4 nitrogen and oxygen atoms in total. The zero-order valence-corrected chi connectivity index (χ0v) is 12.2. The van der Waals surface area contributed by atoms with Gasteiger partial charge in [-0.05, 0) is 25.2 Å². The van der Waals surface area contributed by atoms with Crippen LogP contribution < -0.4 is 10.2 Å². The van der Waals surface area contributed by atoms with Crippen LogP contribution in [0.3, 0.4) is 0 Å². The van der Waals surface area contributed by atoms with Crippen molar-refractivity contribution in [2.75, 3.05) is 29.9 Å². The number of nitrogens with zero attached hydrogens (tertiary/aromatic N) is 3. The first-order valence-corrected chi connectivity index (χ1v) is 7.64. The molecule has 1 aromatic heterocycles. The molecule has 1 aromatic rings. The van der Waals surface area contributed by atoms with E-state index in [4.69, 9.17) is 0 Å². The lowest BCUT2D eigenvalue weighted by Crippen LogP contribution is -2.34. The molecule has 1 N–H and O–H groups in total. The summed E-state index contributed by atoms with van der Waals surface area (Å²) in [5.74, 6) is 2.83. The number of aromatic nitrogens is 2. The largest absolute Gasteiger partial charge is 0.369 e. The average molecular weight is 262 g/mol. The van der Waals surface area contributed by atoms with Crippen molar-refractivity contribution in [1.82, 2.24) is 9.97 Å². The number of nitrogens with one attached hydrogen (secondary N) is 1. The predicted molar refractivity (Wildman–Crippen MR) is 80.7 cm³/mol. The Labute approximate surface area is 116 Å². The Balaban J connectivity index is 1.91. The molecular weight excluding hydrogens is 236 g/mol. The van der Waals surface area contributed by atoms with E-state index in [9.17, 15) is 0 Å². The normalized spacial score (nSPS) is 16.6. The summed E-state index contributed by atoms with van der Waals surface area (Å²) in [4.78, 5) is 11.3. The summed E-state index contributed by atoms with van der Waals surface area (Å²) in [6.07, 6.45) is 10.1. The smallest absolute Gasteiger partial charge is 0.149 e. The quantitative estimate of drug-likeness (QED) is 0.854. The Morgan fingerprint density at radius 2 is 2.00 bits per heavy atom. The second-order valence-corrected chi connectivity index (χ2v) is 5.41. The minimum atomic E-state index is 0.898. The lowest BCUT2D eigenvalue weighted by molar-refractivity contribution is 0.377. The van der Waals surface area contributed by atoms with E-state index >= 15 is 0 Å². The summed E-state index contributed by atoms with van der Waals surface area (Å²) in [6.45, 7) is 7.63. The molecule has 4 heteroatoms. The summed E-state index contributed by atoms with van der Waals surface area (Å²) >= 11 is 0. The predicted octanol–water partition coefficient (Wildman–Crippen LogP) is 3.32. The van der Waals surface area contributed by atoms with Crippen molar-refractivity contribution in [3.63, 3.8) is 0 Å². The van der Waals surface area contributed by atoms with E-state index in [1.165, 1.54) is 25.7 Å². The molecule has 0 amide bonds. The van der Waals surface area contributed by atoms with Crippen LogP contribution >= 0.6 is 0 Å². The van der Waals surface area contributed by atoms with Gasteiger partial charge in [-0.25, -0.2) is 4.98 Å². The molecule has 0 aromatic carbocycles. The van der Waals surface area contributed by atoms with Crippen molar-refractivity contribution in [3.8, 4) is 0 Å². The molecule has 0 saturated carbocycles. The Hall–Kier alpha value is -1.32. The topological polar surface area (TPSA) is 41.1 Å². The van der Waals surface area contributed by atoms with Gasteiger partial charge in [0, 0.05) is 19.6 Å². The van der Waals surface area contributed by atoms with Gasteiger partial charge in [0.05, 0.1) is 12.4 Å². The minimum Gasteiger partial charge on any atom is -0.369 e. The van der Waals surface area contributed by atoms with Gasteiger partial charge >= 0.3 is 0 Å². The summed E-state index contributed by atoms with van der Waals surface area (Å²) < 4.78 is 0. The van der Waals surface area contributed by atoms with E-state index in [1.807, 2.05) is 12.4 Å². The first kappa shape index (κ1) is 14.1. The molecule has 0 bridgehead atoms. The fourth-order valence-electron chi connectivity index (χ4n) is 2.71.